The lowest BCUT2D eigenvalue weighted by molar-refractivity contribution is 0.357. The van der Waals surface area contributed by atoms with Crippen LogP contribution >= 0.6 is 0 Å². The summed E-state index contributed by atoms with van der Waals surface area (Å²) in [5.74, 6) is 3.34. The lowest BCUT2D eigenvalue weighted by Gasteiger charge is -2.23. The summed E-state index contributed by atoms with van der Waals surface area (Å²) < 4.78 is 2.07. The summed E-state index contributed by atoms with van der Waals surface area (Å²) >= 11 is 0. The molecule has 1 atom stereocenters. The van der Waals surface area contributed by atoms with E-state index in [1.54, 1.807) is 0 Å². The van der Waals surface area contributed by atoms with E-state index in [0.29, 0.717) is 12.0 Å². The largest absolute Gasteiger partial charge is 0.341 e. The van der Waals surface area contributed by atoms with Gasteiger partial charge in [0.2, 0.25) is 5.95 Å². The fourth-order valence-corrected chi connectivity index (χ4v) is 3.52. The Labute approximate surface area is 148 Å². The highest BCUT2D eigenvalue weighted by Gasteiger charge is 2.22. The molecule has 0 aliphatic carbocycles. The lowest BCUT2D eigenvalue weighted by atomic mass is 10.1. The Morgan fingerprint density at radius 1 is 1.20 bits per heavy atom. The molecule has 2 aromatic heterocycles. The fraction of sp³-hybridized carbons (Fsp3) is 0.667. The molecule has 2 aliphatic heterocycles. The number of rotatable bonds is 5. The van der Waals surface area contributed by atoms with Gasteiger partial charge in [0.1, 0.15) is 5.82 Å². The molecule has 7 heteroatoms. The highest BCUT2D eigenvalue weighted by Crippen LogP contribution is 2.18. The lowest BCUT2D eigenvalue weighted by Crippen LogP contribution is -2.37. The van der Waals surface area contributed by atoms with Crippen LogP contribution in [0, 0.1) is 0 Å². The van der Waals surface area contributed by atoms with Gasteiger partial charge in [-0.1, -0.05) is 13.8 Å². The molecule has 2 aliphatic rings. The fourth-order valence-electron chi connectivity index (χ4n) is 3.52. The summed E-state index contributed by atoms with van der Waals surface area (Å²) in [6, 6.07) is 0.424. The standard InChI is InChI=1S/C18H27N7/c1-13(2)17-22-16-6-5-15(12-25(16)23-17)19-9-14-10-20-18(21-11-14)24-7-3-4-8-24/h10-11,13,15,19H,3-9,12H2,1-2H3/t15-/m1/s1. The van der Waals surface area contributed by atoms with E-state index in [1.165, 1.54) is 12.8 Å². The maximum absolute atomic E-state index is 4.65. The summed E-state index contributed by atoms with van der Waals surface area (Å²) in [5.41, 5.74) is 1.13. The van der Waals surface area contributed by atoms with Crippen molar-refractivity contribution < 1.29 is 0 Å². The molecule has 0 aromatic carbocycles. The van der Waals surface area contributed by atoms with E-state index in [0.717, 1.165) is 62.2 Å². The van der Waals surface area contributed by atoms with Crippen molar-refractivity contribution in [3.8, 4) is 0 Å². The number of anilines is 1. The van der Waals surface area contributed by atoms with Crippen LogP contribution in [0.5, 0.6) is 0 Å². The van der Waals surface area contributed by atoms with Crippen molar-refractivity contribution in [2.75, 3.05) is 18.0 Å². The summed E-state index contributed by atoms with van der Waals surface area (Å²) in [6.07, 6.45) is 8.49. The van der Waals surface area contributed by atoms with Crippen LogP contribution in [0.25, 0.3) is 0 Å². The first kappa shape index (κ1) is 16.4. The van der Waals surface area contributed by atoms with Crippen LogP contribution < -0.4 is 10.2 Å². The molecule has 0 unspecified atom stereocenters. The second-order valence-corrected chi connectivity index (χ2v) is 7.43. The quantitative estimate of drug-likeness (QED) is 0.895. The highest BCUT2D eigenvalue weighted by molar-refractivity contribution is 5.30. The Hall–Kier alpha value is -2.02. The molecule has 7 nitrogen and oxygen atoms in total. The number of fused-ring (bicyclic) bond motifs is 1. The molecular weight excluding hydrogens is 314 g/mol. The van der Waals surface area contributed by atoms with E-state index in [9.17, 15) is 0 Å². The first-order valence-electron chi connectivity index (χ1n) is 9.42. The second-order valence-electron chi connectivity index (χ2n) is 7.43. The van der Waals surface area contributed by atoms with Gasteiger partial charge in [0.25, 0.3) is 0 Å². The van der Waals surface area contributed by atoms with Gasteiger partial charge in [-0.25, -0.2) is 19.6 Å². The van der Waals surface area contributed by atoms with Gasteiger partial charge in [-0.15, -0.1) is 0 Å². The van der Waals surface area contributed by atoms with Crippen LogP contribution in [-0.2, 0) is 19.5 Å². The van der Waals surface area contributed by atoms with Gasteiger partial charge < -0.3 is 10.2 Å². The Bertz CT molecular complexity index is 701. The zero-order valence-corrected chi connectivity index (χ0v) is 15.1. The van der Waals surface area contributed by atoms with Crippen LogP contribution in [0.15, 0.2) is 12.4 Å². The minimum Gasteiger partial charge on any atom is -0.341 e. The molecule has 0 radical (unpaired) electrons. The van der Waals surface area contributed by atoms with Crippen molar-refractivity contribution in [2.24, 2.45) is 0 Å². The first-order valence-corrected chi connectivity index (χ1v) is 9.42. The van der Waals surface area contributed by atoms with Crippen LogP contribution in [-0.4, -0.2) is 43.9 Å². The second kappa shape index (κ2) is 7.07. The van der Waals surface area contributed by atoms with Crippen molar-refractivity contribution in [1.29, 1.82) is 0 Å². The number of nitrogens with one attached hydrogen (secondary N) is 1. The van der Waals surface area contributed by atoms with Gasteiger partial charge in [-0.3, -0.25) is 0 Å². The molecule has 0 amide bonds. The molecule has 1 saturated heterocycles. The smallest absolute Gasteiger partial charge is 0.225 e. The molecule has 1 fully saturated rings. The number of hydrogen-bond donors (Lipinski definition) is 1. The van der Waals surface area contributed by atoms with Crippen LogP contribution in [0.3, 0.4) is 0 Å². The predicted molar refractivity (Wildman–Crippen MR) is 96.5 cm³/mol. The molecule has 4 rings (SSSR count). The number of nitrogens with zero attached hydrogens (tertiary/aromatic N) is 6. The minimum absolute atomic E-state index is 0.385. The van der Waals surface area contributed by atoms with Gasteiger partial charge in [0.15, 0.2) is 5.82 Å². The molecule has 0 spiro atoms. The molecule has 1 N–H and O–H groups in total. The van der Waals surface area contributed by atoms with E-state index < -0.39 is 0 Å². The molecule has 2 aromatic rings. The van der Waals surface area contributed by atoms with E-state index in [1.807, 2.05) is 12.4 Å². The van der Waals surface area contributed by atoms with E-state index in [2.05, 4.69) is 48.8 Å². The SMILES string of the molecule is CC(C)c1nc2n(n1)C[C@H](NCc1cnc(N3CCCC3)nc1)CC2. The average Bonchev–Trinajstić information content (AvgIpc) is 3.29. The average molecular weight is 341 g/mol. The van der Waals surface area contributed by atoms with Crippen LogP contribution in [0.4, 0.5) is 5.95 Å². The van der Waals surface area contributed by atoms with Crippen molar-refractivity contribution in [3.05, 3.63) is 29.6 Å². The number of aryl methyl sites for hydroxylation is 1. The zero-order valence-electron chi connectivity index (χ0n) is 15.1. The van der Waals surface area contributed by atoms with Crippen molar-refractivity contribution >= 4 is 5.95 Å². The molecule has 4 heterocycles. The van der Waals surface area contributed by atoms with Crippen LogP contribution in [0.2, 0.25) is 0 Å². The summed E-state index contributed by atoms with van der Waals surface area (Å²) in [7, 11) is 0. The summed E-state index contributed by atoms with van der Waals surface area (Å²) in [4.78, 5) is 16.0. The maximum Gasteiger partial charge on any atom is 0.225 e. The molecule has 25 heavy (non-hydrogen) atoms. The van der Waals surface area contributed by atoms with Crippen molar-refractivity contribution in [3.63, 3.8) is 0 Å². The number of aromatic nitrogens is 5. The monoisotopic (exact) mass is 341 g/mol. The minimum atomic E-state index is 0.385. The van der Waals surface area contributed by atoms with Gasteiger partial charge in [-0.05, 0) is 19.3 Å². The summed E-state index contributed by atoms with van der Waals surface area (Å²) in [6.45, 7) is 8.14. The van der Waals surface area contributed by atoms with Gasteiger partial charge in [0, 0.05) is 56.0 Å². The van der Waals surface area contributed by atoms with Gasteiger partial charge in [-0.2, -0.15) is 5.10 Å². The molecule has 0 bridgehead atoms. The number of hydrogen-bond acceptors (Lipinski definition) is 6. The van der Waals surface area contributed by atoms with Crippen molar-refractivity contribution in [2.45, 2.75) is 64.6 Å². The first-order chi connectivity index (χ1) is 12.2. The Kier molecular flexibility index (Phi) is 4.65. The van der Waals surface area contributed by atoms with Gasteiger partial charge in [0.05, 0.1) is 6.54 Å². The summed E-state index contributed by atoms with van der Waals surface area (Å²) in [5, 5.41) is 8.27. The third-order valence-corrected chi connectivity index (χ3v) is 5.07. The molecule has 134 valence electrons. The molecular formula is C18H27N7. The topological polar surface area (TPSA) is 71.8 Å². The van der Waals surface area contributed by atoms with E-state index in [4.69, 9.17) is 0 Å². The Morgan fingerprint density at radius 2 is 1.96 bits per heavy atom. The molecule has 0 saturated carbocycles. The maximum atomic E-state index is 4.65. The predicted octanol–water partition coefficient (Wildman–Crippen LogP) is 1.90. The zero-order chi connectivity index (χ0) is 17.2. The normalized spacial score (nSPS) is 20.3. The Morgan fingerprint density at radius 3 is 2.68 bits per heavy atom. The van der Waals surface area contributed by atoms with E-state index in [-0.39, 0.29) is 0 Å². The van der Waals surface area contributed by atoms with Gasteiger partial charge >= 0.3 is 0 Å². The highest BCUT2D eigenvalue weighted by atomic mass is 15.4. The van der Waals surface area contributed by atoms with Crippen LogP contribution in [0.1, 0.15) is 56.2 Å². The third-order valence-electron chi connectivity index (χ3n) is 5.07. The van der Waals surface area contributed by atoms with E-state index >= 15 is 0 Å². The van der Waals surface area contributed by atoms with Crippen molar-refractivity contribution in [1.82, 2.24) is 30.0 Å². The Balaban J connectivity index is 1.32. The third kappa shape index (κ3) is 3.66.